The SMILES string of the molecule is CC(CCC(C)(C)N1C(=O)c2ccc3c4c(N5CCCC5)cc(C(=O)N(C)CC(C)(C)CC(C)(C)C(=O)O)c5c(C=O)ccc(c6c(N7CCCC7)cc(c2c36)C1=O)c54)CC(=O)O. The number of carboxylic acids is 2. The minimum atomic E-state index is -1.01. The Morgan fingerprint density at radius 1 is 0.746 bits per heavy atom. The number of amides is 3. The summed E-state index contributed by atoms with van der Waals surface area (Å²) in [7, 11) is 1.74. The zero-order valence-electron chi connectivity index (χ0n) is 37.9. The van der Waals surface area contributed by atoms with Crippen molar-refractivity contribution >= 4 is 90.4 Å². The molecule has 5 aromatic carbocycles. The number of carboxylic acid groups (broad SMARTS) is 2. The zero-order chi connectivity index (χ0) is 45.5. The van der Waals surface area contributed by atoms with Crippen molar-refractivity contribution in [2.75, 3.05) is 49.6 Å². The number of fused-ring (bicyclic) bond motifs is 2. The molecular weight excluding hydrogens is 797 g/mol. The minimum Gasteiger partial charge on any atom is -0.481 e. The third-order valence-electron chi connectivity index (χ3n) is 14.1. The molecule has 3 amide bonds. The lowest BCUT2D eigenvalue weighted by Crippen LogP contribution is -2.53. The number of anilines is 2. The van der Waals surface area contributed by atoms with Gasteiger partial charge < -0.3 is 24.9 Å². The summed E-state index contributed by atoms with van der Waals surface area (Å²) >= 11 is 0. The second-order valence-electron chi connectivity index (χ2n) is 20.7. The second kappa shape index (κ2) is 15.8. The Labute approximate surface area is 368 Å². The van der Waals surface area contributed by atoms with Crippen molar-refractivity contribution in [3.63, 3.8) is 0 Å². The Balaban J connectivity index is 1.40. The van der Waals surface area contributed by atoms with Gasteiger partial charge in [-0.1, -0.05) is 39.0 Å². The molecule has 8 rings (SSSR count). The Morgan fingerprint density at radius 2 is 1.29 bits per heavy atom. The van der Waals surface area contributed by atoms with E-state index in [4.69, 9.17) is 0 Å². The van der Waals surface area contributed by atoms with Crippen LogP contribution in [0.1, 0.15) is 141 Å². The number of rotatable bonds is 15. The van der Waals surface area contributed by atoms with Crippen molar-refractivity contribution in [3.8, 4) is 0 Å². The summed E-state index contributed by atoms with van der Waals surface area (Å²) < 4.78 is 0. The molecule has 3 aliphatic rings. The highest BCUT2D eigenvalue weighted by Gasteiger charge is 2.44. The molecule has 12 nitrogen and oxygen atoms in total. The Bertz CT molecular complexity index is 2740. The van der Waals surface area contributed by atoms with Crippen LogP contribution in [0, 0.1) is 16.7 Å². The summed E-state index contributed by atoms with van der Waals surface area (Å²) in [4.78, 5) is 89.3. The lowest BCUT2D eigenvalue weighted by Gasteiger charge is -2.41. The molecule has 3 heterocycles. The average Bonchev–Trinajstić information content (AvgIpc) is 3.96. The number of carbonyl (C=O) groups excluding carboxylic acids is 4. The van der Waals surface area contributed by atoms with Crippen molar-refractivity contribution in [2.24, 2.45) is 16.7 Å². The van der Waals surface area contributed by atoms with E-state index in [1.165, 1.54) is 4.90 Å². The number of aldehydes is 1. The molecular formula is C51H60N4O8. The molecule has 0 aliphatic carbocycles. The average molecular weight is 857 g/mol. The number of nitrogens with zero attached hydrogens (tertiary/aromatic N) is 4. The van der Waals surface area contributed by atoms with E-state index in [1.54, 1.807) is 31.9 Å². The van der Waals surface area contributed by atoms with Crippen molar-refractivity contribution in [2.45, 2.75) is 105 Å². The highest BCUT2D eigenvalue weighted by molar-refractivity contribution is 6.43. The zero-order valence-corrected chi connectivity index (χ0v) is 37.9. The van der Waals surface area contributed by atoms with Crippen molar-refractivity contribution in [3.05, 3.63) is 58.7 Å². The molecule has 0 aromatic heterocycles. The highest BCUT2D eigenvalue weighted by atomic mass is 16.4. The van der Waals surface area contributed by atoms with Gasteiger partial charge in [0.1, 0.15) is 0 Å². The van der Waals surface area contributed by atoms with Gasteiger partial charge in [0.05, 0.1) is 16.5 Å². The van der Waals surface area contributed by atoms with Crippen LogP contribution in [0.2, 0.25) is 0 Å². The normalized spacial score (nSPS) is 16.7. The lowest BCUT2D eigenvalue weighted by atomic mass is 9.75. The van der Waals surface area contributed by atoms with Gasteiger partial charge in [-0.05, 0) is 113 Å². The van der Waals surface area contributed by atoms with E-state index in [0.717, 1.165) is 102 Å². The fraction of sp³-hybridized carbons (Fsp3) is 0.490. The number of hydrogen-bond acceptors (Lipinski definition) is 8. The topological polar surface area (TPSA) is 156 Å². The van der Waals surface area contributed by atoms with Gasteiger partial charge in [-0.15, -0.1) is 0 Å². The first-order chi connectivity index (χ1) is 29.7. The molecule has 3 aliphatic heterocycles. The van der Waals surface area contributed by atoms with Crippen LogP contribution in [0.4, 0.5) is 11.4 Å². The minimum absolute atomic E-state index is 0.00443. The number of aliphatic carboxylic acids is 2. The summed E-state index contributed by atoms with van der Waals surface area (Å²) in [5.74, 6) is -2.95. The Kier molecular flexibility index (Phi) is 11.0. The molecule has 63 heavy (non-hydrogen) atoms. The smallest absolute Gasteiger partial charge is 0.309 e. The van der Waals surface area contributed by atoms with Gasteiger partial charge in [0.15, 0.2) is 6.29 Å². The van der Waals surface area contributed by atoms with E-state index in [9.17, 15) is 29.4 Å². The predicted octanol–water partition coefficient (Wildman–Crippen LogP) is 9.61. The van der Waals surface area contributed by atoms with Crippen LogP contribution in [0.25, 0.3) is 43.1 Å². The summed E-state index contributed by atoms with van der Waals surface area (Å²) in [5.41, 5.74) is 0.915. The molecule has 2 fully saturated rings. The van der Waals surface area contributed by atoms with E-state index < -0.39 is 28.3 Å². The van der Waals surface area contributed by atoms with Gasteiger partial charge in [-0.3, -0.25) is 33.7 Å². The maximum atomic E-state index is 15.0. The van der Waals surface area contributed by atoms with Gasteiger partial charge in [-0.2, -0.15) is 0 Å². The van der Waals surface area contributed by atoms with Gasteiger partial charge in [-0.25, -0.2) is 0 Å². The Hall–Kier alpha value is -5.78. The van der Waals surface area contributed by atoms with E-state index >= 15 is 9.59 Å². The van der Waals surface area contributed by atoms with Crippen molar-refractivity contribution in [1.82, 2.24) is 9.80 Å². The van der Waals surface area contributed by atoms with Gasteiger partial charge in [0.25, 0.3) is 17.7 Å². The molecule has 2 saturated heterocycles. The number of imide groups is 1. The van der Waals surface area contributed by atoms with Crippen LogP contribution in [0.3, 0.4) is 0 Å². The summed E-state index contributed by atoms with van der Waals surface area (Å²) in [6, 6.07) is 11.4. The van der Waals surface area contributed by atoms with E-state index in [2.05, 4.69) is 9.80 Å². The number of hydrogen-bond donors (Lipinski definition) is 2. The molecule has 2 N–H and O–H groups in total. The fourth-order valence-corrected chi connectivity index (χ4v) is 11.4. The van der Waals surface area contributed by atoms with Crippen molar-refractivity contribution in [1.29, 1.82) is 0 Å². The molecule has 0 bridgehead atoms. The molecule has 5 aromatic rings. The van der Waals surface area contributed by atoms with Crippen LogP contribution in [-0.2, 0) is 9.59 Å². The molecule has 1 unspecified atom stereocenters. The third kappa shape index (κ3) is 7.42. The van der Waals surface area contributed by atoms with Crippen LogP contribution >= 0.6 is 0 Å². The quantitative estimate of drug-likeness (QED) is 0.0450. The largest absolute Gasteiger partial charge is 0.481 e. The maximum absolute atomic E-state index is 15.0. The first kappa shape index (κ1) is 43.9. The van der Waals surface area contributed by atoms with Gasteiger partial charge in [0, 0.05) is 107 Å². The fourth-order valence-electron chi connectivity index (χ4n) is 11.4. The van der Waals surface area contributed by atoms with Crippen molar-refractivity contribution < 1.29 is 39.0 Å². The molecule has 12 heteroatoms. The summed E-state index contributed by atoms with van der Waals surface area (Å²) in [5, 5.41) is 25.5. The first-order valence-corrected chi connectivity index (χ1v) is 22.5. The summed E-state index contributed by atoms with van der Waals surface area (Å²) in [6.45, 7) is 16.3. The number of benzene rings is 5. The Morgan fingerprint density at radius 3 is 1.84 bits per heavy atom. The van der Waals surface area contributed by atoms with Crippen LogP contribution in [0.5, 0.6) is 0 Å². The first-order valence-electron chi connectivity index (χ1n) is 22.5. The molecule has 0 saturated carbocycles. The molecule has 0 spiro atoms. The van der Waals surface area contributed by atoms with E-state index in [0.29, 0.717) is 52.3 Å². The summed E-state index contributed by atoms with van der Waals surface area (Å²) in [6.07, 6.45) is 5.99. The van der Waals surface area contributed by atoms with E-state index in [-0.39, 0.29) is 36.6 Å². The molecule has 332 valence electrons. The highest BCUT2D eigenvalue weighted by Crippen LogP contribution is 2.52. The third-order valence-corrected chi connectivity index (χ3v) is 14.1. The van der Waals surface area contributed by atoms with Gasteiger partial charge in [0.2, 0.25) is 0 Å². The van der Waals surface area contributed by atoms with E-state index in [1.807, 2.05) is 65.0 Å². The lowest BCUT2D eigenvalue weighted by molar-refractivity contribution is -0.148. The number of carbonyl (C=O) groups is 6. The molecule has 0 radical (unpaired) electrons. The predicted molar refractivity (Wildman–Crippen MR) is 248 cm³/mol. The van der Waals surface area contributed by atoms with Gasteiger partial charge >= 0.3 is 11.9 Å². The molecule has 1 atom stereocenters. The standard InChI is InChI=1S/C51H60N4O8/c1-29(23-38(57)58)17-18-51(6,7)55-46(60)33-16-15-32-41-36(53-19-9-10-20-53)24-34(45(59)52(8)28-49(2,3)27-50(4,5)48(62)63)39-30(26-56)13-14-31(43(39)41)42-37(54-21-11-12-22-54)25-35(47(55)61)40(33)44(32)42/h13-16,24-26,29H,9-12,17-23,27-28H2,1-8H3,(H,57,58)(H,62,63). The van der Waals surface area contributed by atoms with Crippen LogP contribution < -0.4 is 9.80 Å². The second-order valence-corrected chi connectivity index (χ2v) is 20.7. The maximum Gasteiger partial charge on any atom is 0.309 e. The monoisotopic (exact) mass is 856 g/mol. The van der Waals surface area contributed by atoms with Crippen LogP contribution in [-0.4, -0.2) is 101 Å². The van der Waals surface area contributed by atoms with Crippen LogP contribution in [0.15, 0.2) is 36.4 Å².